The summed E-state index contributed by atoms with van der Waals surface area (Å²) in [5.41, 5.74) is 2.06. The van der Waals surface area contributed by atoms with Crippen LogP contribution in [0.2, 0.25) is 0 Å². The molecular weight excluding hydrogens is 270 g/mol. The lowest BCUT2D eigenvalue weighted by Crippen LogP contribution is -2.05. The van der Waals surface area contributed by atoms with Gasteiger partial charge in [0.25, 0.3) is 0 Å². The van der Waals surface area contributed by atoms with Crippen LogP contribution in [0.15, 0.2) is 41.8 Å². The molecule has 0 aliphatic heterocycles. The second-order valence-electron chi connectivity index (χ2n) is 4.59. The Balaban J connectivity index is 1.83. The Morgan fingerprint density at radius 1 is 1.25 bits per heavy atom. The third kappa shape index (κ3) is 2.55. The van der Waals surface area contributed by atoms with Crippen LogP contribution in [0, 0.1) is 0 Å². The van der Waals surface area contributed by atoms with Crippen LogP contribution in [-0.4, -0.2) is 20.2 Å². The lowest BCUT2D eigenvalue weighted by Gasteiger charge is -2.14. The molecule has 0 aliphatic carbocycles. The van der Waals surface area contributed by atoms with E-state index < -0.39 is 0 Å². The van der Waals surface area contributed by atoms with Gasteiger partial charge in [-0.15, -0.1) is 16.4 Å². The molecule has 1 aromatic carbocycles. The first-order chi connectivity index (χ1) is 9.74. The van der Waals surface area contributed by atoms with E-state index in [1.165, 1.54) is 4.88 Å². The fraction of sp³-hybridized carbons (Fsp3) is 0.214. The van der Waals surface area contributed by atoms with Gasteiger partial charge in [-0.25, -0.2) is 4.68 Å². The smallest absolute Gasteiger partial charge is 0.181 e. The summed E-state index contributed by atoms with van der Waals surface area (Å²) in [6.45, 7) is 2.16. The molecule has 0 aliphatic rings. The van der Waals surface area contributed by atoms with E-state index >= 15 is 0 Å². The molecule has 20 heavy (non-hydrogen) atoms. The summed E-state index contributed by atoms with van der Waals surface area (Å²) in [5.74, 6) is 0.762. The molecule has 2 aromatic heterocycles. The Labute approximate surface area is 121 Å². The molecule has 0 radical (unpaired) electrons. The predicted octanol–water partition coefficient (Wildman–Crippen LogP) is 3.11. The Morgan fingerprint density at radius 3 is 2.85 bits per heavy atom. The first kappa shape index (κ1) is 12.8. The molecule has 0 bridgehead atoms. The van der Waals surface area contributed by atoms with Gasteiger partial charge in [-0.2, -0.15) is 0 Å². The number of nitrogens with zero attached hydrogens (tertiary/aromatic N) is 4. The zero-order chi connectivity index (χ0) is 13.9. The van der Waals surface area contributed by atoms with Gasteiger partial charge in [0.2, 0.25) is 0 Å². The van der Waals surface area contributed by atoms with E-state index in [0.717, 1.165) is 17.1 Å². The fourth-order valence-electron chi connectivity index (χ4n) is 2.08. The molecule has 102 valence electrons. The molecule has 0 saturated carbocycles. The SMILES string of the molecule is CC(Nc1cccc(-c2nnnn2C)c1)c1cccs1. The van der Waals surface area contributed by atoms with Crippen molar-refractivity contribution in [3.63, 3.8) is 0 Å². The van der Waals surface area contributed by atoms with Crippen LogP contribution in [0.5, 0.6) is 0 Å². The van der Waals surface area contributed by atoms with Gasteiger partial charge in [0, 0.05) is 23.2 Å². The summed E-state index contributed by atoms with van der Waals surface area (Å²) < 4.78 is 1.67. The van der Waals surface area contributed by atoms with Crippen molar-refractivity contribution < 1.29 is 0 Å². The molecule has 0 fully saturated rings. The van der Waals surface area contributed by atoms with Crippen molar-refractivity contribution in [2.75, 3.05) is 5.32 Å². The van der Waals surface area contributed by atoms with Gasteiger partial charge in [0.15, 0.2) is 5.82 Å². The summed E-state index contributed by atoms with van der Waals surface area (Å²) in [4.78, 5) is 1.32. The molecule has 1 unspecified atom stereocenters. The van der Waals surface area contributed by atoms with Crippen molar-refractivity contribution in [3.05, 3.63) is 46.7 Å². The topological polar surface area (TPSA) is 55.6 Å². The number of aryl methyl sites for hydroxylation is 1. The maximum Gasteiger partial charge on any atom is 0.181 e. The number of tetrazole rings is 1. The number of nitrogens with one attached hydrogen (secondary N) is 1. The van der Waals surface area contributed by atoms with Crippen molar-refractivity contribution in [2.45, 2.75) is 13.0 Å². The molecule has 0 spiro atoms. The van der Waals surface area contributed by atoms with Gasteiger partial charge < -0.3 is 5.32 Å². The number of aromatic nitrogens is 4. The maximum atomic E-state index is 4.03. The summed E-state index contributed by atoms with van der Waals surface area (Å²) in [7, 11) is 1.84. The Morgan fingerprint density at radius 2 is 2.15 bits per heavy atom. The number of thiophene rings is 1. The highest BCUT2D eigenvalue weighted by molar-refractivity contribution is 7.10. The minimum absolute atomic E-state index is 0.280. The third-order valence-corrected chi connectivity index (χ3v) is 4.15. The van der Waals surface area contributed by atoms with Crippen molar-refractivity contribution in [1.29, 1.82) is 0 Å². The van der Waals surface area contributed by atoms with Crippen molar-refractivity contribution in [3.8, 4) is 11.4 Å². The predicted molar refractivity (Wildman–Crippen MR) is 80.6 cm³/mol. The molecule has 3 aromatic rings. The largest absolute Gasteiger partial charge is 0.378 e. The maximum absolute atomic E-state index is 4.03. The standard InChI is InChI=1S/C14H15N5S/c1-10(13-7-4-8-20-13)15-12-6-3-5-11(9-12)14-16-17-18-19(14)2/h3-10,15H,1-2H3. The van der Waals surface area contributed by atoms with Crippen LogP contribution in [0.25, 0.3) is 11.4 Å². The van der Waals surface area contributed by atoms with E-state index in [-0.39, 0.29) is 6.04 Å². The van der Waals surface area contributed by atoms with E-state index in [1.54, 1.807) is 16.0 Å². The molecule has 1 N–H and O–H groups in total. The van der Waals surface area contributed by atoms with E-state index in [0.29, 0.717) is 0 Å². The molecule has 5 nitrogen and oxygen atoms in total. The van der Waals surface area contributed by atoms with E-state index in [4.69, 9.17) is 0 Å². The second-order valence-corrected chi connectivity index (χ2v) is 5.57. The quantitative estimate of drug-likeness (QED) is 0.800. The fourth-order valence-corrected chi connectivity index (χ4v) is 2.82. The van der Waals surface area contributed by atoms with Crippen molar-refractivity contribution in [2.24, 2.45) is 7.05 Å². The second kappa shape index (κ2) is 5.42. The number of hydrogen-bond donors (Lipinski definition) is 1. The molecule has 0 amide bonds. The van der Waals surface area contributed by atoms with Crippen LogP contribution >= 0.6 is 11.3 Å². The van der Waals surface area contributed by atoms with Crippen molar-refractivity contribution in [1.82, 2.24) is 20.2 Å². The zero-order valence-electron chi connectivity index (χ0n) is 11.3. The number of anilines is 1. The first-order valence-corrected chi connectivity index (χ1v) is 7.25. The minimum atomic E-state index is 0.280. The van der Waals surface area contributed by atoms with Gasteiger partial charge in [0.05, 0.1) is 6.04 Å². The van der Waals surface area contributed by atoms with Crippen molar-refractivity contribution >= 4 is 17.0 Å². The lowest BCUT2D eigenvalue weighted by molar-refractivity contribution is 0.714. The lowest BCUT2D eigenvalue weighted by atomic mass is 10.1. The summed E-state index contributed by atoms with van der Waals surface area (Å²) in [5, 5.41) is 17.2. The zero-order valence-corrected chi connectivity index (χ0v) is 12.1. The van der Waals surface area contributed by atoms with Crippen LogP contribution in [0.1, 0.15) is 17.8 Å². The van der Waals surface area contributed by atoms with Crippen LogP contribution in [0.3, 0.4) is 0 Å². The van der Waals surface area contributed by atoms with E-state index in [1.807, 2.05) is 19.2 Å². The van der Waals surface area contributed by atoms with Crippen LogP contribution in [-0.2, 0) is 7.05 Å². The third-order valence-electron chi connectivity index (χ3n) is 3.09. The molecular formula is C14H15N5S. The first-order valence-electron chi connectivity index (χ1n) is 6.37. The molecule has 1 atom stereocenters. The van der Waals surface area contributed by atoms with Gasteiger partial charge in [-0.1, -0.05) is 18.2 Å². The Kier molecular flexibility index (Phi) is 3.47. The highest BCUT2D eigenvalue weighted by atomic mass is 32.1. The number of hydrogen-bond acceptors (Lipinski definition) is 5. The Hall–Kier alpha value is -2.21. The van der Waals surface area contributed by atoms with Crippen LogP contribution in [0.4, 0.5) is 5.69 Å². The van der Waals surface area contributed by atoms with E-state index in [9.17, 15) is 0 Å². The number of rotatable bonds is 4. The molecule has 2 heterocycles. The van der Waals surface area contributed by atoms with E-state index in [2.05, 4.69) is 57.4 Å². The van der Waals surface area contributed by atoms with Gasteiger partial charge >= 0.3 is 0 Å². The normalized spacial score (nSPS) is 12.3. The Bertz CT molecular complexity index is 689. The molecule has 6 heteroatoms. The average Bonchev–Trinajstić information content (AvgIpc) is 3.10. The van der Waals surface area contributed by atoms with Crippen LogP contribution < -0.4 is 5.32 Å². The molecule has 3 rings (SSSR count). The monoisotopic (exact) mass is 285 g/mol. The highest BCUT2D eigenvalue weighted by Crippen LogP contribution is 2.25. The van der Waals surface area contributed by atoms with Gasteiger partial charge in [0.1, 0.15) is 0 Å². The van der Waals surface area contributed by atoms with Gasteiger partial charge in [-0.3, -0.25) is 0 Å². The van der Waals surface area contributed by atoms with Gasteiger partial charge in [-0.05, 0) is 40.9 Å². The summed E-state index contributed by atoms with van der Waals surface area (Å²) in [6.07, 6.45) is 0. The molecule has 0 saturated heterocycles. The number of benzene rings is 1. The average molecular weight is 285 g/mol. The minimum Gasteiger partial charge on any atom is -0.378 e. The summed E-state index contributed by atoms with van der Waals surface area (Å²) >= 11 is 1.76. The summed E-state index contributed by atoms with van der Waals surface area (Å²) in [6, 6.07) is 12.6. The highest BCUT2D eigenvalue weighted by Gasteiger charge is 2.09.